The van der Waals surface area contributed by atoms with Crippen molar-refractivity contribution in [3.05, 3.63) is 46.5 Å². The largest absolute Gasteiger partial charge is 0.341 e. The van der Waals surface area contributed by atoms with Crippen LogP contribution in [0.4, 0.5) is 0 Å². The van der Waals surface area contributed by atoms with E-state index in [2.05, 4.69) is 69.8 Å². The van der Waals surface area contributed by atoms with E-state index in [0.29, 0.717) is 30.2 Å². The van der Waals surface area contributed by atoms with Gasteiger partial charge in [0.25, 0.3) is 0 Å². The van der Waals surface area contributed by atoms with Crippen LogP contribution in [0, 0.1) is 18.8 Å². The highest BCUT2D eigenvalue weighted by atomic mass is 32.1. The van der Waals surface area contributed by atoms with E-state index in [9.17, 15) is 4.79 Å². The van der Waals surface area contributed by atoms with Crippen LogP contribution in [0.5, 0.6) is 0 Å². The minimum absolute atomic E-state index is 0.276. The molecule has 0 saturated carbocycles. The van der Waals surface area contributed by atoms with Crippen LogP contribution in [0.2, 0.25) is 0 Å². The zero-order valence-corrected chi connectivity index (χ0v) is 17.9. The molecule has 5 nitrogen and oxygen atoms in total. The molecule has 2 aliphatic rings. The predicted octanol–water partition coefficient (Wildman–Crippen LogP) is 3.53. The molecule has 2 aliphatic heterocycles. The van der Waals surface area contributed by atoms with E-state index in [1.807, 2.05) is 0 Å². The molecule has 4 rings (SSSR count). The Balaban J connectivity index is 1.48. The molecule has 3 heterocycles. The minimum Gasteiger partial charge on any atom is -0.341 e. The summed E-state index contributed by atoms with van der Waals surface area (Å²) in [7, 11) is 0. The first kappa shape index (κ1) is 19.5. The van der Waals surface area contributed by atoms with Gasteiger partial charge in [-0.1, -0.05) is 48.2 Å². The maximum absolute atomic E-state index is 13.0. The Morgan fingerprint density at radius 1 is 1.07 bits per heavy atom. The van der Waals surface area contributed by atoms with E-state index in [1.165, 1.54) is 29.1 Å². The molecule has 0 aliphatic carbocycles. The van der Waals surface area contributed by atoms with Gasteiger partial charge in [0.15, 0.2) is 0 Å². The lowest BCUT2D eigenvalue weighted by Gasteiger charge is -2.35. The Labute approximate surface area is 171 Å². The molecule has 2 fully saturated rings. The molecule has 1 amide bonds. The lowest BCUT2D eigenvalue weighted by atomic mass is 9.87. The van der Waals surface area contributed by atoms with Gasteiger partial charge in [-0.05, 0) is 42.3 Å². The van der Waals surface area contributed by atoms with Gasteiger partial charge in [0.05, 0.1) is 12.2 Å². The molecule has 0 N–H and O–H groups in total. The molecule has 1 aromatic heterocycles. The number of benzene rings is 1. The summed E-state index contributed by atoms with van der Waals surface area (Å²) in [6.07, 6.45) is 1.22. The quantitative estimate of drug-likeness (QED) is 0.790. The molecule has 0 bridgehead atoms. The smallest absolute Gasteiger partial charge is 0.236 e. The van der Waals surface area contributed by atoms with Crippen molar-refractivity contribution in [1.82, 2.24) is 19.4 Å². The van der Waals surface area contributed by atoms with Crippen LogP contribution in [-0.4, -0.2) is 58.0 Å². The standard InChI is InChI=1S/C22H30N4OS/c1-15-4-6-18(7-5-15)19-11-25(12-20(19)21-14-28-24-23-21)13-22(27)26-9-16(2)8-17(3)10-26/h4-7,14,16-17,19-20H,8-13H2,1-3H3/t16-,17+,19-,20+/m0/s1. The van der Waals surface area contributed by atoms with Gasteiger partial charge in [-0.2, -0.15) is 0 Å². The van der Waals surface area contributed by atoms with Crippen LogP contribution in [0.25, 0.3) is 0 Å². The lowest BCUT2D eigenvalue weighted by Crippen LogP contribution is -2.46. The van der Waals surface area contributed by atoms with E-state index >= 15 is 0 Å². The molecule has 2 aromatic rings. The molecular formula is C22H30N4OS. The minimum atomic E-state index is 0.276. The maximum atomic E-state index is 13.0. The van der Waals surface area contributed by atoms with Crippen molar-refractivity contribution in [3.8, 4) is 0 Å². The highest BCUT2D eigenvalue weighted by Crippen LogP contribution is 2.39. The molecule has 0 radical (unpaired) electrons. The van der Waals surface area contributed by atoms with Gasteiger partial charge in [0.1, 0.15) is 0 Å². The average Bonchev–Trinajstić information content (AvgIpc) is 3.31. The Hall–Kier alpha value is -1.79. The highest BCUT2D eigenvalue weighted by molar-refractivity contribution is 7.03. The molecule has 1 aromatic carbocycles. The monoisotopic (exact) mass is 398 g/mol. The normalized spacial score (nSPS) is 28.6. The van der Waals surface area contributed by atoms with Crippen molar-refractivity contribution in [2.45, 2.75) is 39.0 Å². The number of piperidine rings is 1. The zero-order valence-electron chi connectivity index (χ0n) is 17.0. The van der Waals surface area contributed by atoms with Gasteiger partial charge in [-0.3, -0.25) is 9.69 Å². The second kappa shape index (κ2) is 8.29. The molecule has 0 unspecified atom stereocenters. The third-order valence-electron chi connectivity index (χ3n) is 6.24. The number of hydrogen-bond acceptors (Lipinski definition) is 5. The summed E-state index contributed by atoms with van der Waals surface area (Å²) < 4.78 is 4.08. The molecule has 2 saturated heterocycles. The van der Waals surface area contributed by atoms with Crippen molar-refractivity contribution in [2.75, 3.05) is 32.7 Å². The lowest BCUT2D eigenvalue weighted by molar-refractivity contribution is -0.134. The fourth-order valence-electron chi connectivity index (χ4n) is 4.96. The number of aromatic nitrogens is 2. The number of carbonyl (C=O) groups is 1. The summed E-state index contributed by atoms with van der Waals surface area (Å²) in [5.74, 6) is 2.13. The molecule has 4 atom stereocenters. The van der Waals surface area contributed by atoms with Crippen LogP contribution in [0.1, 0.15) is 48.9 Å². The molecule has 150 valence electrons. The summed E-state index contributed by atoms with van der Waals surface area (Å²) >= 11 is 1.41. The van der Waals surface area contributed by atoms with Crippen LogP contribution >= 0.6 is 11.5 Å². The first-order valence-corrected chi connectivity index (χ1v) is 11.2. The first-order chi connectivity index (χ1) is 13.5. The second-order valence-corrected chi connectivity index (χ2v) is 9.50. The topological polar surface area (TPSA) is 49.3 Å². The molecular weight excluding hydrogens is 368 g/mol. The van der Waals surface area contributed by atoms with E-state index in [-0.39, 0.29) is 5.91 Å². The van der Waals surface area contributed by atoms with Crippen molar-refractivity contribution in [3.63, 3.8) is 0 Å². The van der Waals surface area contributed by atoms with Gasteiger partial charge in [-0.25, -0.2) is 0 Å². The third-order valence-corrected chi connectivity index (χ3v) is 6.76. The first-order valence-electron chi connectivity index (χ1n) is 10.3. The fraction of sp³-hybridized carbons (Fsp3) is 0.591. The van der Waals surface area contributed by atoms with Crippen LogP contribution in [-0.2, 0) is 4.79 Å². The Bertz CT molecular complexity index is 781. The van der Waals surface area contributed by atoms with Crippen LogP contribution in [0.15, 0.2) is 29.6 Å². The Kier molecular flexibility index (Phi) is 5.78. The summed E-state index contributed by atoms with van der Waals surface area (Å²) in [6.45, 7) is 10.7. The third kappa shape index (κ3) is 4.28. The Morgan fingerprint density at radius 2 is 1.75 bits per heavy atom. The Morgan fingerprint density at radius 3 is 2.39 bits per heavy atom. The zero-order chi connectivity index (χ0) is 19.7. The average molecular weight is 399 g/mol. The molecule has 6 heteroatoms. The number of nitrogens with zero attached hydrogens (tertiary/aromatic N) is 4. The van der Waals surface area contributed by atoms with Gasteiger partial charge >= 0.3 is 0 Å². The van der Waals surface area contributed by atoms with E-state index in [1.54, 1.807) is 0 Å². The number of amides is 1. The number of hydrogen-bond donors (Lipinski definition) is 0. The highest BCUT2D eigenvalue weighted by Gasteiger charge is 2.38. The van der Waals surface area contributed by atoms with Crippen molar-refractivity contribution in [2.24, 2.45) is 11.8 Å². The summed E-state index contributed by atoms with van der Waals surface area (Å²) in [4.78, 5) is 17.4. The summed E-state index contributed by atoms with van der Waals surface area (Å²) in [5.41, 5.74) is 3.67. The SMILES string of the molecule is Cc1ccc([C@@H]2CN(CC(=O)N3C[C@H](C)C[C@H](C)C3)C[C@H]2c2csnn2)cc1. The fourth-order valence-corrected chi connectivity index (χ4v) is 5.48. The van der Waals surface area contributed by atoms with Crippen molar-refractivity contribution in [1.29, 1.82) is 0 Å². The van der Waals surface area contributed by atoms with E-state index in [4.69, 9.17) is 0 Å². The van der Waals surface area contributed by atoms with Crippen LogP contribution < -0.4 is 0 Å². The summed E-state index contributed by atoms with van der Waals surface area (Å²) in [5, 5.41) is 6.42. The second-order valence-electron chi connectivity index (χ2n) is 8.89. The van der Waals surface area contributed by atoms with Gasteiger partial charge in [0, 0.05) is 43.4 Å². The van der Waals surface area contributed by atoms with Gasteiger partial charge < -0.3 is 4.90 Å². The number of rotatable bonds is 4. The number of likely N-dealkylation sites (tertiary alicyclic amines) is 2. The van der Waals surface area contributed by atoms with Gasteiger partial charge in [0.2, 0.25) is 5.91 Å². The predicted molar refractivity (Wildman–Crippen MR) is 113 cm³/mol. The molecule has 0 spiro atoms. The van der Waals surface area contributed by atoms with E-state index in [0.717, 1.165) is 31.9 Å². The summed E-state index contributed by atoms with van der Waals surface area (Å²) in [6, 6.07) is 8.81. The molecule has 28 heavy (non-hydrogen) atoms. The number of aryl methyl sites for hydroxylation is 1. The van der Waals surface area contributed by atoms with Crippen molar-refractivity contribution >= 4 is 17.4 Å². The van der Waals surface area contributed by atoms with Gasteiger partial charge in [-0.15, -0.1) is 5.10 Å². The number of carbonyl (C=O) groups excluding carboxylic acids is 1. The van der Waals surface area contributed by atoms with E-state index < -0.39 is 0 Å². The maximum Gasteiger partial charge on any atom is 0.236 e. The van der Waals surface area contributed by atoms with Crippen LogP contribution in [0.3, 0.4) is 0 Å². The van der Waals surface area contributed by atoms with Crippen molar-refractivity contribution < 1.29 is 4.79 Å².